The fraction of sp³-hybridized carbons (Fsp3) is 0.737. The minimum atomic E-state index is -1.31. The molecule has 0 fully saturated rings. The standard InChI is InChI=1S/C19H34N4O7S2/c1-4-10(2)15(20)18(28)23-13(9-31)17(27)21-11(5-6-14(24)25)16(26)22-12(19(29)30)7-8-32-3/h10-13,15,31H,4-9,20H2,1-3H3,(H,21,27)(H,22,26)(H,23,28)(H,24,25)(H,29,30). The minimum Gasteiger partial charge on any atom is -0.481 e. The van der Waals surface area contributed by atoms with Crippen LogP contribution in [-0.2, 0) is 24.0 Å². The van der Waals surface area contributed by atoms with Gasteiger partial charge < -0.3 is 31.9 Å². The second-order valence-corrected chi connectivity index (χ2v) is 8.68. The van der Waals surface area contributed by atoms with E-state index < -0.39 is 60.2 Å². The lowest BCUT2D eigenvalue weighted by Crippen LogP contribution is -2.58. The molecule has 0 aromatic carbocycles. The van der Waals surface area contributed by atoms with Crippen molar-refractivity contribution in [2.24, 2.45) is 11.7 Å². The number of carbonyl (C=O) groups excluding carboxylic acids is 3. The van der Waals surface area contributed by atoms with Crippen molar-refractivity contribution in [2.75, 3.05) is 17.8 Å². The molecule has 32 heavy (non-hydrogen) atoms. The summed E-state index contributed by atoms with van der Waals surface area (Å²) in [5.74, 6) is -4.30. The van der Waals surface area contributed by atoms with E-state index in [4.69, 9.17) is 10.8 Å². The summed E-state index contributed by atoms with van der Waals surface area (Å²) >= 11 is 5.47. The number of amides is 3. The molecule has 0 aromatic rings. The highest BCUT2D eigenvalue weighted by molar-refractivity contribution is 7.98. The molecule has 5 unspecified atom stereocenters. The lowest BCUT2D eigenvalue weighted by Gasteiger charge is -2.25. The van der Waals surface area contributed by atoms with Crippen molar-refractivity contribution in [3.63, 3.8) is 0 Å². The number of nitrogens with one attached hydrogen (secondary N) is 3. The molecule has 0 heterocycles. The molecule has 0 bridgehead atoms. The van der Waals surface area contributed by atoms with E-state index in [0.717, 1.165) is 0 Å². The Bertz CT molecular complexity index is 666. The zero-order valence-electron chi connectivity index (χ0n) is 18.5. The Hall–Kier alpha value is -1.99. The van der Waals surface area contributed by atoms with Gasteiger partial charge in [0.25, 0.3) is 0 Å². The second-order valence-electron chi connectivity index (χ2n) is 7.33. The van der Waals surface area contributed by atoms with E-state index >= 15 is 0 Å². The molecule has 0 radical (unpaired) electrons. The van der Waals surface area contributed by atoms with E-state index in [-0.39, 0.29) is 24.5 Å². The summed E-state index contributed by atoms with van der Waals surface area (Å²) < 4.78 is 0. The first kappa shape index (κ1) is 30.0. The molecule has 0 saturated heterocycles. The highest BCUT2D eigenvalue weighted by Gasteiger charge is 2.30. The monoisotopic (exact) mass is 494 g/mol. The smallest absolute Gasteiger partial charge is 0.326 e. The maximum absolute atomic E-state index is 12.7. The summed E-state index contributed by atoms with van der Waals surface area (Å²) in [6.45, 7) is 3.66. The Kier molecular flexibility index (Phi) is 14.8. The van der Waals surface area contributed by atoms with Crippen molar-refractivity contribution in [1.29, 1.82) is 0 Å². The van der Waals surface area contributed by atoms with Gasteiger partial charge in [-0.25, -0.2) is 4.79 Å². The highest BCUT2D eigenvalue weighted by atomic mass is 32.2. The van der Waals surface area contributed by atoms with Gasteiger partial charge in [-0.15, -0.1) is 0 Å². The van der Waals surface area contributed by atoms with Crippen LogP contribution >= 0.6 is 24.4 Å². The van der Waals surface area contributed by atoms with E-state index in [1.54, 1.807) is 13.2 Å². The van der Waals surface area contributed by atoms with Crippen LogP contribution in [0.25, 0.3) is 0 Å². The molecule has 3 amide bonds. The number of hydrogen-bond donors (Lipinski definition) is 7. The van der Waals surface area contributed by atoms with Crippen molar-refractivity contribution in [3.8, 4) is 0 Å². The first-order chi connectivity index (χ1) is 15.0. The average molecular weight is 495 g/mol. The average Bonchev–Trinajstić information content (AvgIpc) is 2.75. The Morgan fingerprint density at radius 2 is 1.47 bits per heavy atom. The summed E-state index contributed by atoms with van der Waals surface area (Å²) in [5.41, 5.74) is 5.87. The van der Waals surface area contributed by atoms with Gasteiger partial charge in [-0.1, -0.05) is 20.3 Å². The SMILES string of the molecule is CCC(C)C(N)C(=O)NC(CS)C(=O)NC(CCC(=O)O)C(=O)NC(CCSC)C(=O)O. The molecule has 7 N–H and O–H groups in total. The van der Waals surface area contributed by atoms with Crippen LogP contribution in [0.4, 0.5) is 0 Å². The van der Waals surface area contributed by atoms with Crippen LogP contribution in [0, 0.1) is 5.92 Å². The lowest BCUT2D eigenvalue weighted by molar-refractivity contribution is -0.143. The highest BCUT2D eigenvalue weighted by Crippen LogP contribution is 2.07. The third kappa shape index (κ3) is 11.0. The fourth-order valence-corrected chi connectivity index (χ4v) is 3.28. The largest absolute Gasteiger partial charge is 0.481 e. The summed E-state index contributed by atoms with van der Waals surface area (Å²) in [4.78, 5) is 59.9. The molecular weight excluding hydrogens is 460 g/mol. The molecule has 0 rings (SSSR count). The molecular formula is C19H34N4O7S2. The van der Waals surface area contributed by atoms with E-state index in [9.17, 15) is 29.1 Å². The van der Waals surface area contributed by atoms with Crippen LogP contribution < -0.4 is 21.7 Å². The summed E-state index contributed by atoms with van der Waals surface area (Å²) in [6.07, 6.45) is 1.91. The van der Waals surface area contributed by atoms with Gasteiger partial charge in [0.05, 0.1) is 6.04 Å². The molecule has 11 nitrogen and oxygen atoms in total. The Labute approximate surface area is 197 Å². The van der Waals surface area contributed by atoms with Crippen LogP contribution in [0.2, 0.25) is 0 Å². The van der Waals surface area contributed by atoms with Gasteiger partial charge in [-0.3, -0.25) is 19.2 Å². The van der Waals surface area contributed by atoms with Crippen LogP contribution in [0.3, 0.4) is 0 Å². The Morgan fingerprint density at radius 3 is 1.94 bits per heavy atom. The van der Waals surface area contributed by atoms with Gasteiger partial charge in [0, 0.05) is 12.2 Å². The van der Waals surface area contributed by atoms with Crippen molar-refractivity contribution < 1.29 is 34.2 Å². The third-order valence-corrected chi connectivity index (χ3v) is 5.89. The number of nitrogens with two attached hydrogens (primary N) is 1. The third-order valence-electron chi connectivity index (χ3n) is 4.88. The van der Waals surface area contributed by atoms with E-state index in [1.807, 2.05) is 6.92 Å². The van der Waals surface area contributed by atoms with Crippen LogP contribution in [-0.4, -0.2) is 81.8 Å². The van der Waals surface area contributed by atoms with Gasteiger partial charge in [0.15, 0.2) is 0 Å². The lowest BCUT2D eigenvalue weighted by atomic mass is 9.99. The van der Waals surface area contributed by atoms with Gasteiger partial charge in [-0.2, -0.15) is 24.4 Å². The predicted octanol–water partition coefficient (Wildman–Crippen LogP) is -0.553. The van der Waals surface area contributed by atoms with Crippen LogP contribution in [0.15, 0.2) is 0 Å². The molecule has 184 valence electrons. The topological polar surface area (TPSA) is 188 Å². The molecule has 0 aliphatic heterocycles. The van der Waals surface area contributed by atoms with Crippen LogP contribution in [0.1, 0.15) is 39.5 Å². The van der Waals surface area contributed by atoms with Crippen molar-refractivity contribution >= 4 is 54.1 Å². The fourth-order valence-electron chi connectivity index (χ4n) is 2.55. The van der Waals surface area contributed by atoms with Gasteiger partial charge in [-0.05, 0) is 30.8 Å². The van der Waals surface area contributed by atoms with Crippen molar-refractivity contribution in [2.45, 2.75) is 63.7 Å². The van der Waals surface area contributed by atoms with E-state index in [0.29, 0.717) is 12.2 Å². The summed E-state index contributed by atoms with van der Waals surface area (Å²) in [7, 11) is 0. The molecule has 5 atom stereocenters. The minimum absolute atomic E-state index is 0.0937. The van der Waals surface area contributed by atoms with E-state index in [1.165, 1.54) is 11.8 Å². The maximum atomic E-state index is 12.7. The van der Waals surface area contributed by atoms with Gasteiger partial charge in [0.1, 0.15) is 18.1 Å². The zero-order chi connectivity index (χ0) is 24.8. The van der Waals surface area contributed by atoms with Crippen molar-refractivity contribution in [1.82, 2.24) is 16.0 Å². The quantitative estimate of drug-likeness (QED) is 0.138. The normalized spacial score (nSPS) is 15.5. The number of thiol groups is 1. The Balaban J connectivity index is 5.33. The number of thioether (sulfide) groups is 1. The molecule has 0 aliphatic rings. The Morgan fingerprint density at radius 1 is 0.938 bits per heavy atom. The number of aliphatic carboxylic acids is 2. The van der Waals surface area contributed by atoms with Gasteiger partial charge in [0.2, 0.25) is 17.7 Å². The number of rotatable bonds is 16. The predicted molar refractivity (Wildman–Crippen MR) is 125 cm³/mol. The van der Waals surface area contributed by atoms with E-state index in [2.05, 4.69) is 28.6 Å². The maximum Gasteiger partial charge on any atom is 0.326 e. The molecule has 0 spiro atoms. The van der Waals surface area contributed by atoms with Gasteiger partial charge >= 0.3 is 11.9 Å². The molecule has 0 saturated carbocycles. The number of carbonyl (C=O) groups is 5. The first-order valence-corrected chi connectivity index (χ1v) is 12.2. The summed E-state index contributed by atoms with van der Waals surface area (Å²) in [5, 5.41) is 25.5. The molecule has 0 aromatic heterocycles. The molecule has 0 aliphatic carbocycles. The zero-order valence-corrected chi connectivity index (χ0v) is 20.2. The molecule has 13 heteroatoms. The summed E-state index contributed by atoms with van der Waals surface area (Å²) in [6, 6.07) is -4.45. The second kappa shape index (κ2) is 15.8. The number of carboxylic acid groups (broad SMARTS) is 2. The first-order valence-electron chi connectivity index (χ1n) is 10.2. The van der Waals surface area contributed by atoms with Crippen LogP contribution in [0.5, 0.6) is 0 Å². The number of carboxylic acids is 2. The number of hydrogen-bond acceptors (Lipinski definition) is 8. The van der Waals surface area contributed by atoms with Crippen molar-refractivity contribution in [3.05, 3.63) is 0 Å².